The molecule has 13 heavy (non-hydrogen) atoms. The molecule has 1 aliphatic heterocycles. The third kappa shape index (κ3) is 1.62. The average molecular weight is 263 g/mol. The minimum Gasteiger partial charge on any atom is -0.461 e. The van der Waals surface area contributed by atoms with Gasteiger partial charge in [0.05, 0.1) is 0 Å². The van der Waals surface area contributed by atoms with Crippen molar-refractivity contribution in [2.24, 2.45) is 0 Å². The number of nitrogens with one attached hydrogen (secondary N) is 1. The van der Waals surface area contributed by atoms with Gasteiger partial charge in [-0.05, 0) is 22.0 Å². The Morgan fingerprint density at radius 2 is 2.46 bits per heavy atom. The number of aromatic nitrogens is 1. The van der Waals surface area contributed by atoms with Crippen molar-refractivity contribution in [1.82, 2.24) is 4.98 Å². The van der Waals surface area contributed by atoms with Crippen molar-refractivity contribution in [3.63, 3.8) is 0 Å². The van der Waals surface area contributed by atoms with E-state index in [4.69, 9.17) is 16.3 Å². The van der Waals surface area contributed by atoms with Crippen LogP contribution in [0.3, 0.4) is 0 Å². The molecule has 2 heterocycles. The van der Waals surface area contributed by atoms with Crippen LogP contribution in [0.25, 0.3) is 0 Å². The van der Waals surface area contributed by atoms with Gasteiger partial charge in [0, 0.05) is 10.7 Å². The highest BCUT2D eigenvalue weighted by Gasteiger charge is 2.26. The normalized spacial score (nSPS) is 20.2. The molecule has 1 unspecified atom stereocenters. The van der Waals surface area contributed by atoms with Crippen LogP contribution in [0, 0.1) is 0 Å². The van der Waals surface area contributed by atoms with Gasteiger partial charge in [0.1, 0.15) is 0 Å². The maximum absolute atomic E-state index is 11.0. The lowest BCUT2D eigenvalue weighted by molar-refractivity contribution is -0.120. The summed E-state index contributed by atoms with van der Waals surface area (Å²) in [6.07, 6.45) is 1.57. The quantitative estimate of drug-likeness (QED) is 0.725. The fourth-order valence-corrected chi connectivity index (χ4v) is 1.40. The van der Waals surface area contributed by atoms with Gasteiger partial charge in [-0.2, -0.15) is 0 Å². The highest BCUT2D eigenvalue weighted by molar-refractivity contribution is 9.10. The number of alkyl halides is 1. The van der Waals surface area contributed by atoms with Crippen molar-refractivity contribution >= 4 is 39.3 Å². The van der Waals surface area contributed by atoms with E-state index in [9.17, 15) is 4.79 Å². The summed E-state index contributed by atoms with van der Waals surface area (Å²) in [5.41, 5.74) is -0.983. The Balaban J connectivity index is 2.42. The number of amides is 1. The second-order valence-corrected chi connectivity index (χ2v) is 3.74. The molecule has 0 fully saturated rings. The number of hydrogen-bond donors (Lipinski definition) is 1. The largest absolute Gasteiger partial charge is 0.461 e. The number of ether oxygens (including phenoxy) is 1. The van der Waals surface area contributed by atoms with Gasteiger partial charge in [0.2, 0.25) is 0 Å². The van der Waals surface area contributed by atoms with Gasteiger partial charge < -0.3 is 10.1 Å². The second-order valence-electron chi connectivity index (χ2n) is 2.42. The van der Waals surface area contributed by atoms with E-state index in [0.717, 1.165) is 4.47 Å². The van der Waals surface area contributed by atoms with Crippen LogP contribution < -0.4 is 10.1 Å². The van der Waals surface area contributed by atoms with Crippen LogP contribution in [-0.2, 0) is 4.79 Å². The molecule has 2 rings (SSSR count). The van der Waals surface area contributed by atoms with Gasteiger partial charge >= 0.3 is 0 Å². The summed E-state index contributed by atoms with van der Waals surface area (Å²) >= 11 is 8.80. The maximum Gasteiger partial charge on any atom is 0.282 e. The maximum atomic E-state index is 11.0. The highest BCUT2D eigenvalue weighted by Crippen LogP contribution is 2.30. The van der Waals surface area contributed by atoms with Crippen molar-refractivity contribution in [1.29, 1.82) is 0 Å². The molecule has 1 aromatic rings. The van der Waals surface area contributed by atoms with Crippen LogP contribution in [0.1, 0.15) is 0 Å². The summed E-state index contributed by atoms with van der Waals surface area (Å²) < 4.78 is 5.86. The summed E-state index contributed by atoms with van der Waals surface area (Å²) in [7, 11) is 0. The molecule has 1 aromatic heterocycles. The molecule has 0 spiro atoms. The Hall–Kier alpha value is -0.810. The van der Waals surface area contributed by atoms with Crippen LogP contribution in [0.4, 0.5) is 5.82 Å². The number of carbonyl (C=O) groups is 1. The molecule has 1 aliphatic rings. The molecule has 0 saturated heterocycles. The number of fused-ring (bicyclic) bond motifs is 1. The highest BCUT2D eigenvalue weighted by atomic mass is 79.9. The molecule has 0 saturated carbocycles. The van der Waals surface area contributed by atoms with E-state index in [0.29, 0.717) is 11.6 Å². The number of rotatable bonds is 0. The van der Waals surface area contributed by atoms with Crippen LogP contribution in [0.2, 0.25) is 0 Å². The predicted molar refractivity (Wildman–Crippen MR) is 50.8 cm³/mol. The van der Waals surface area contributed by atoms with Crippen molar-refractivity contribution < 1.29 is 9.53 Å². The van der Waals surface area contributed by atoms with E-state index >= 15 is 0 Å². The van der Waals surface area contributed by atoms with E-state index in [1.807, 2.05) is 0 Å². The number of anilines is 1. The van der Waals surface area contributed by atoms with Crippen LogP contribution in [0.5, 0.6) is 5.75 Å². The number of pyridine rings is 1. The SMILES string of the molecule is O=C1Nc2ncc(Br)cc2OC1Cl. The number of hydrogen-bond acceptors (Lipinski definition) is 3. The zero-order chi connectivity index (χ0) is 9.42. The molecule has 68 valence electrons. The van der Waals surface area contributed by atoms with E-state index in [2.05, 4.69) is 26.2 Å². The number of carbonyl (C=O) groups excluding carboxylic acids is 1. The molecule has 6 heteroatoms. The Bertz CT molecular complexity index is 372. The van der Waals surface area contributed by atoms with Crippen LogP contribution in [-0.4, -0.2) is 16.5 Å². The van der Waals surface area contributed by atoms with E-state index in [1.54, 1.807) is 12.3 Å². The Labute approximate surface area is 87.4 Å². The van der Waals surface area contributed by atoms with Gasteiger partial charge in [0.15, 0.2) is 11.6 Å². The first kappa shape index (κ1) is 8.77. The van der Waals surface area contributed by atoms with Gasteiger partial charge in [-0.1, -0.05) is 11.6 Å². The van der Waals surface area contributed by atoms with Crippen molar-refractivity contribution in [2.75, 3.05) is 5.32 Å². The zero-order valence-corrected chi connectivity index (χ0v) is 8.59. The zero-order valence-electron chi connectivity index (χ0n) is 6.25. The van der Waals surface area contributed by atoms with E-state index in [1.165, 1.54) is 0 Å². The Kier molecular flexibility index (Phi) is 2.13. The third-order valence-corrected chi connectivity index (χ3v) is 2.22. The minimum absolute atomic E-state index is 0.394. The van der Waals surface area contributed by atoms with Crippen LogP contribution >= 0.6 is 27.5 Å². The summed E-state index contributed by atoms with van der Waals surface area (Å²) in [5, 5.41) is 2.51. The molecule has 1 amide bonds. The molecular formula is C7H4BrClN2O2. The molecule has 0 radical (unpaired) electrons. The van der Waals surface area contributed by atoms with Gasteiger partial charge in [-0.15, -0.1) is 0 Å². The van der Waals surface area contributed by atoms with Gasteiger partial charge in [0.25, 0.3) is 11.5 Å². The first-order valence-electron chi connectivity index (χ1n) is 3.44. The third-order valence-electron chi connectivity index (χ3n) is 1.50. The lowest BCUT2D eigenvalue weighted by Gasteiger charge is -2.20. The fraction of sp³-hybridized carbons (Fsp3) is 0.143. The summed E-state index contributed by atoms with van der Waals surface area (Å²) in [6, 6.07) is 1.69. The molecule has 0 aromatic carbocycles. The van der Waals surface area contributed by atoms with Crippen molar-refractivity contribution in [3.05, 3.63) is 16.7 Å². The fourth-order valence-electron chi connectivity index (χ4n) is 0.943. The average Bonchev–Trinajstić information content (AvgIpc) is 2.08. The lowest BCUT2D eigenvalue weighted by Crippen LogP contribution is -2.33. The van der Waals surface area contributed by atoms with Crippen molar-refractivity contribution in [3.8, 4) is 5.75 Å². The number of nitrogens with zero attached hydrogens (tertiary/aromatic N) is 1. The van der Waals surface area contributed by atoms with Gasteiger partial charge in [-0.25, -0.2) is 4.98 Å². The molecule has 0 bridgehead atoms. The minimum atomic E-state index is -0.983. The standard InChI is InChI=1S/C7H4BrClN2O2/c8-3-1-4-6(10-2-3)11-7(12)5(9)13-4/h1-2,5H,(H,10,11,12). The summed E-state index contributed by atoms with van der Waals surface area (Å²) in [5.74, 6) is 0.461. The Morgan fingerprint density at radius 1 is 1.69 bits per heavy atom. The van der Waals surface area contributed by atoms with Gasteiger partial charge in [-0.3, -0.25) is 4.79 Å². The molecule has 1 atom stereocenters. The van der Waals surface area contributed by atoms with Crippen LogP contribution in [0.15, 0.2) is 16.7 Å². The first-order chi connectivity index (χ1) is 6.16. The van der Waals surface area contributed by atoms with E-state index in [-0.39, 0.29) is 0 Å². The summed E-state index contributed by atoms with van der Waals surface area (Å²) in [4.78, 5) is 15.0. The topological polar surface area (TPSA) is 51.2 Å². The Morgan fingerprint density at radius 3 is 3.23 bits per heavy atom. The molecule has 4 nitrogen and oxygen atoms in total. The lowest BCUT2D eigenvalue weighted by atomic mass is 10.4. The molecule has 1 N–H and O–H groups in total. The molecule has 0 aliphatic carbocycles. The molecular weight excluding hydrogens is 259 g/mol. The van der Waals surface area contributed by atoms with E-state index < -0.39 is 11.5 Å². The monoisotopic (exact) mass is 262 g/mol. The number of halogens is 2. The second kappa shape index (κ2) is 3.16. The smallest absolute Gasteiger partial charge is 0.282 e. The summed E-state index contributed by atoms with van der Waals surface area (Å²) in [6.45, 7) is 0. The van der Waals surface area contributed by atoms with Crippen molar-refractivity contribution in [2.45, 2.75) is 5.56 Å². The first-order valence-corrected chi connectivity index (χ1v) is 4.67. The predicted octanol–water partition coefficient (Wildman–Crippen LogP) is 1.74.